The zero-order valence-corrected chi connectivity index (χ0v) is 18.3. The molecule has 0 amide bonds. The Bertz CT molecular complexity index is 59.2. The third-order valence-electron chi connectivity index (χ3n) is 0.806. The molecule has 0 radical (unpaired) electrons. The molecule has 0 atom stereocenters. The molecule has 0 aliphatic carbocycles. The van der Waals surface area contributed by atoms with Gasteiger partial charge in [-0.3, -0.25) is 0 Å². The Labute approximate surface area is 92.6 Å². The van der Waals surface area contributed by atoms with E-state index in [0.29, 0.717) is 13.2 Å². The first-order valence-corrected chi connectivity index (χ1v) is 24.6. The Balaban J connectivity index is 2.65. The molecule has 0 aliphatic heterocycles. The Hall–Kier alpha value is 2.37. The van der Waals surface area contributed by atoms with Crippen LogP contribution in [0.3, 0.4) is 0 Å². The van der Waals surface area contributed by atoms with Crippen LogP contribution in [0.25, 0.3) is 0 Å². The summed E-state index contributed by atoms with van der Waals surface area (Å²) in [6, 6.07) is 0. The van der Waals surface area contributed by atoms with Gasteiger partial charge in [0.15, 0.2) is 0 Å². The summed E-state index contributed by atoms with van der Waals surface area (Å²) in [7, 11) is 11.2. The molecule has 0 saturated heterocycles. The summed E-state index contributed by atoms with van der Waals surface area (Å²) in [6.07, 6.45) is 0. The van der Waals surface area contributed by atoms with E-state index in [1.807, 2.05) is 0 Å². The predicted octanol–water partition coefficient (Wildman–Crippen LogP) is 2.24. The molecule has 0 bridgehead atoms. The monoisotopic (exact) mass is 562 g/mol. The first-order chi connectivity index (χ1) is 4.91. The number of halogens is 2. The summed E-state index contributed by atoms with van der Waals surface area (Å²) in [5.41, 5.74) is 0. The van der Waals surface area contributed by atoms with Crippen molar-refractivity contribution in [1.82, 2.24) is 0 Å². The van der Waals surface area contributed by atoms with Crippen molar-refractivity contribution in [2.75, 3.05) is 13.2 Å². The van der Waals surface area contributed by atoms with Crippen molar-refractivity contribution in [1.29, 1.82) is 0 Å². The molecule has 0 fully saturated rings. The quantitative estimate of drug-likeness (QED) is 0.206. The molecule has 0 unspecified atom stereocenters. The summed E-state index contributed by atoms with van der Waals surface area (Å²) in [5.74, 6) is 0. The minimum atomic E-state index is -0.967. The normalized spacial score (nSPS) is 8.60. The second-order valence-corrected chi connectivity index (χ2v) is 16.8. The van der Waals surface area contributed by atoms with E-state index < -0.39 is 46.7 Å². The molecule has 0 N–H and O–H groups in total. The zero-order valence-electron chi connectivity index (χ0n) is 5.82. The van der Waals surface area contributed by atoms with Gasteiger partial charge in [-0.2, -0.15) is 0 Å². The Morgan fingerprint density at radius 1 is 0.900 bits per heavy atom. The predicted molar refractivity (Wildman–Crippen MR) is 33.2 cm³/mol. The van der Waals surface area contributed by atoms with E-state index in [9.17, 15) is 0 Å². The molecule has 0 heterocycles. The van der Waals surface area contributed by atoms with Crippen molar-refractivity contribution in [2.24, 2.45) is 0 Å². The molecular formula is C4H8Cl2Hg2O2. The summed E-state index contributed by atoms with van der Waals surface area (Å²) in [6.45, 7) is 1.37. The van der Waals surface area contributed by atoms with Crippen LogP contribution >= 0.6 is 16.5 Å². The van der Waals surface area contributed by atoms with Gasteiger partial charge in [-0.05, 0) is 0 Å². The van der Waals surface area contributed by atoms with Crippen molar-refractivity contribution >= 4 is 16.5 Å². The molecule has 0 saturated carbocycles. The van der Waals surface area contributed by atoms with Crippen LogP contribution in [-0.4, -0.2) is 13.2 Å². The SMILES string of the molecule is [Cl][Hg][CH2]COOC[CH2][Hg][Cl]. The van der Waals surface area contributed by atoms with E-state index in [1.54, 1.807) is 0 Å². The molecule has 0 aromatic rings. The third kappa shape index (κ3) is 10.4. The van der Waals surface area contributed by atoms with Gasteiger partial charge in [-0.15, -0.1) is 0 Å². The van der Waals surface area contributed by atoms with E-state index in [1.165, 1.54) is 0 Å². The zero-order chi connectivity index (χ0) is 7.66. The molecule has 2 nitrogen and oxygen atoms in total. The van der Waals surface area contributed by atoms with Crippen molar-refractivity contribution in [3.63, 3.8) is 0 Å². The molecule has 0 spiro atoms. The fraction of sp³-hybridized carbons (Fsp3) is 1.00. The number of hydrogen-bond acceptors (Lipinski definition) is 2. The Morgan fingerprint density at radius 2 is 1.30 bits per heavy atom. The van der Waals surface area contributed by atoms with E-state index >= 15 is 0 Å². The average Bonchev–Trinajstić information content (AvgIpc) is 1.97. The molecule has 0 aliphatic rings. The first-order valence-electron chi connectivity index (χ1n) is 3.28. The van der Waals surface area contributed by atoms with Crippen LogP contribution in [0.4, 0.5) is 0 Å². The molecule has 10 heavy (non-hydrogen) atoms. The van der Waals surface area contributed by atoms with Crippen LogP contribution in [0.15, 0.2) is 0 Å². The van der Waals surface area contributed by atoms with Crippen LogP contribution in [0.2, 0.25) is 7.86 Å². The van der Waals surface area contributed by atoms with E-state index in [0.717, 1.165) is 7.86 Å². The second kappa shape index (κ2) is 11.4. The van der Waals surface area contributed by atoms with Crippen molar-refractivity contribution in [3.8, 4) is 0 Å². The third-order valence-corrected chi connectivity index (χ3v) is 9.82. The van der Waals surface area contributed by atoms with Gasteiger partial charge in [0.25, 0.3) is 0 Å². The number of rotatable bonds is 7. The van der Waals surface area contributed by atoms with E-state index in [-0.39, 0.29) is 0 Å². The molecule has 0 rings (SSSR count). The Kier molecular flexibility index (Phi) is 14.1. The van der Waals surface area contributed by atoms with Crippen LogP contribution < -0.4 is 0 Å². The standard InChI is InChI=1S/C4H8O2.2ClH.2Hg/c1-3-5-6-4-2;;;;/h1-4H2;2*1H;;/q;;;2*+1/p-2. The van der Waals surface area contributed by atoms with Gasteiger partial charge >= 0.3 is 94.0 Å². The van der Waals surface area contributed by atoms with Gasteiger partial charge in [0, 0.05) is 0 Å². The van der Waals surface area contributed by atoms with Gasteiger partial charge in [-0.1, -0.05) is 0 Å². The molecule has 6 heteroatoms. The second-order valence-electron chi connectivity index (χ2n) is 1.73. The van der Waals surface area contributed by atoms with Gasteiger partial charge < -0.3 is 0 Å². The van der Waals surface area contributed by atoms with Crippen molar-refractivity contribution in [2.45, 2.75) is 7.86 Å². The summed E-state index contributed by atoms with van der Waals surface area (Å²) >= 11 is -1.93. The van der Waals surface area contributed by atoms with Crippen LogP contribution in [0.5, 0.6) is 0 Å². The maximum absolute atomic E-state index is 5.62. The fourth-order valence-corrected chi connectivity index (χ4v) is 4.02. The minimum absolute atomic E-state index is 0.685. The average molecular weight is 560 g/mol. The van der Waals surface area contributed by atoms with Crippen LogP contribution in [-0.2, 0) is 56.5 Å². The van der Waals surface area contributed by atoms with Crippen LogP contribution in [0, 0.1) is 0 Å². The molecule has 0 aromatic carbocycles. The summed E-state index contributed by atoms with van der Waals surface area (Å²) in [5, 5.41) is 0. The van der Waals surface area contributed by atoms with Gasteiger partial charge in [0.2, 0.25) is 0 Å². The van der Waals surface area contributed by atoms with E-state index in [2.05, 4.69) is 0 Å². The first kappa shape index (κ1) is 12.4. The Morgan fingerprint density at radius 3 is 1.60 bits per heavy atom. The summed E-state index contributed by atoms with van der Waals surface area (Å²) in [4.78, 5) is 9.65. The van der Waals surface area contributed by atoms with Gasteiger partial charge in [0.1, 0.15) is 0 Å². The summed E-state index contributed by atoms with van der Waals surface area (Å²) < 4.78 is 2.12. The molecular weight excluding hydrogens is 552 g/mol. The number of hydrogen-bond donors (Lipinski definition) is 0. The molecule has 0 aromatic heterocycles. The van der Waals surface area contributed by atoms with Gasteiger partial charge in [-0.25, -0.2) is 0 Å². The maximum atomic E-state index is 5.62. The molecule has 54 valence electrons. The fourth-order valence-electron chi connectivity index (χ4n) is 0.345. The van der Waals surface area contributed by atoms with E-state index in [4.69, 9.17) is 26.3 Å². The van der Waals surface area contributed by atoms with Gasteiger partial charge in [0.05, 0.1) is 0 Å². The van der Waals surface area contributed by atoms with Crippen molar-refractivity contribution in [3.05, 3.63) is 0 Å². The van der Waals surface area contributed by atoms with Crippen molar-refractivity contribution < 1.29 is 56.5 Å². The topological polar surface area (TPSA) is 18.5 Å². The van der Waals surface area contributed by atoms with Crippen LogP contribution in [0.1, 0.15) is 0 Å².